The molecule has 8 heteroatoms. The Hall–Kier alpha value is -2.09. The second kappa shape index (κ2) is 7.21. The molecule has 0 bridgehead atoms. The maximum Gasteiger partial charge on any atom is 0.254 e. The Morgan fingerprint density at radius 1 is 1.29 bits per heavy atom. The number of nitrogens with one attached hydrogen (secondary N) is 2. The lowest BCUT2D eigenvalue weighted by molar-refractivity contribution is -0.125. The lowest BCUT2D eigenvalue weighted by atomic mass is 10.1. The molecule has 24 heavy (non-hydrogen) atoms. The zero-order valence-electron chi connectivity index (χ0n) is 14.1. The SMILES string of the molecule is CC(C)NC(=O)C1CCCN1C(=O)c1cccc(NS(C)(=O)=O)c1. The average Bonchev–Trinajstić information content (AvgIpc) is 2.93. The summed E-state index contributed by atoms with van der Waals surface area (Å²) in [7, 11) is -3.42. The van der Waals surface area contributed by atoms with Gasteiger partial charge in [0, 0.05) is 23.8 Å². The monoisotopic (exact) mass is 353 g/mol. The highest BCUT2D eigenvalue weighted by Crippen LogP contribution is 2.22. The van der Waals surface area contributed by atoms with Gasteiger partial charge in [-0.1, -0.05) is 6.07 Å². The highest BCUT2D eigenvalue weighted by atomic mass is 32.2. The largest absolute Gasteiger partial charge is 0.352 e. The Labute approximate surface area is 142 Å². The standard InChI is InChI=1S/C16H23N3O4S/c1-11(2)17-15(20)14-8-5-9-19(14)16(21)12-6-4-7-13(10-12)18-24(3,22)23/h4,6-7,10-11,14,18H,5,8-9H2,1-3H3,(H,17,20). The predicted molar refractivity (Wildman–Crippen MR) is 92.2 cm³/mol. The number of rotatable bonds is 5. The van der Waals surface area contributed by atoms with Crippen molar-refractivity contribution >= 4 is 27.5 Å². The van der Waals surface area contributed by atoms with Gasteiger partial charge in [-0.05, 0) is 44.9 Å². The van der Waals surface area contributed by atoms with Gasteiger partial charge in [0.1, 0.15) is 6.04 Å². The molecule has 1 fully saturated rings. The van der Waals surface area contributed by atoms with Crippen molar-refractivity contribution in [2.24, 2.45) is 0 Å². The van der Waals surface area contributed by atoms with Crippen LogP contribution in [0.1, 0.15) is 37.0 Å². The van der Waals surface area contributed by atoms with E-state index in [1.165, 1.54) is 6.07 Å². The second-order valence-corrected chi connectivity index (χ2v) is 8.02. The van der Waals surface area contributed by atoms with Gasteiger partial charge in [-0.15, -0.1) is 0 Å². The first kappa shape index (κ1) is 18.3. The number of hydrogen-bond acceptors (Lipinski definition) is 4. The summed E-state index contributed by atoms with van der Waals surface area (Å²) in [4.78, 5) is 26.5. The van der Waals surface area contributed by atoms with Crippen LogP contribution in [0, 0.1) is 0 Å². The summed E-state index contributed by atoms with van der Waals surface area (Å²) >= 11 is 0. The third-order valence-corrected chi connectivity index (χ3v) is 4.27. The molecule has 132 valence electrons. The minimum atomic E-state index is -3.42. The van der Waals surface area contributed by atoms with Crippen LogP contribution >= 0.6 is 0 Å². The fourth-order valence-corrected chi connectivity index (χ4v) is 3.31. The van der Waals surface area contributed by atoms with Gasteiger partial charge < -0.3 is 10.2 Å². The van der Waals surface area contributed by atoms with Crippen LogP contribution in [-0.4, -0.2) is 50.0 Å². The van der Waals surface area contributed by atoms with Crippen LogP contribution in [0.5, 0.6) is 0 Å². The van der Waals surface area contributed by atoms with Gasteiger partial charge in [-0.2, -0.15) is 0 Å². The van der Waals surface area contributed by atoms with Gasteiger partial charge in [-0.3, -0.25) is 14.3 Å². The van der Waals surface area contributed by atoms with E-state index in [4.69, 9.17) is 0 Å². The van der Waals surface area contributed by atoms with Crippen molar-refractivity contribution < 1.29 is 18.0 Å². The van der Waals surface area contributed by atoms with Crippen LogP contribution in [0.15, 0.2) is 24.3 Å². The summed E-state index contributed by atoms with van der Waals surface area (Å²) in [5.74, 6) is -0.421. The zero-order valence-corrected chi connectivity index (χ0v) is 14.9. The minimum absolute atomic E-state index is 0.0114. The Morgan fingerprint density at radius 2 is 2.00 bits per heavy atom. The molecule has 2 amide bonds. The first-order valence-corrected chi connectivity index (χ1v) is 9.76. The quantitative estimate of drug-likeness (QED) is 0.831. The molecule has 0 aromatic heterocycles. The van der Waals surface area contributed by atoms with Crippen molar-refractivity contribution in [2.45, 2.75) is 38.8 Å². The fourth-order valence-electron chi connectivity index (χ4n) is 2.76. The number of likely N-dealkylation sites (tertiary alicyclic amines) is 1. The molecular formula is C16H23N3O4S. The van der Waals surface area contributed by atoms with E-state index >= 15 is 0 Å². The van der Waals surface area contributed by atoms with Crippen LogP contribution in [0.25, 0.3) is 0 Å². The van der Waals surface area contributed by atoms with Crippen LogP contribution < -0.4 is 10.0 Å². The summed E-state index contributed by atoms with van der Waals surface area (Å²) in [5.41, 5.74) is 0.679. The van der Waals surface area contributed by atoms with E-state index < -0.39 is 16.1 Å². The highest BCUT2D eigenvalue weighted by Gasteiger charge is 2.34. The Morgan fingerprint density at radius 3 is 2.62 bits per heavy atom. The van der Waals surface area contributed by atoms with Crippen LogP contribution in [0.2, 0.25) is 0 Å². The predicted octanol–water partition coefficient (Wildman–Crippen LogP) is 1.19. The molecule has 1 aliphatic rings. The van der Waals surface area contributed by atoms with Gasteiger partial charge in [0.25, 0.3) is 5.91 Å². The van der Waals surface area contributed by atoms with Crippen molar-refractivity contribution in [1.29, 1.82) is 0 Å². The molecule has 1 atom stereocenters. The lowest BCUT2D eigenvalue weighted by Crippen LogP contribution is -2.47. The molecule has 2 rings (SSSR count). The van der Waals surface area contributed by atoms with E-state index in [0.717, 1.165) is 12.7 Å². The summed E-state index contributed by atoms with van der Waals surface area (Å²) in [6, 6.07) is 5.82. The highest BCUT2D eigenvalue weighted by molar-refractivity contribution is 7.92. The molecule has 1 saturated heterocycles. The van der Waals surface area contributed by atoms with Crippen LogP contribution in [0.4, 0.5) is 5.69 Å². The molecule has 0 saturated carbocycles. The minimum Gasteiger partial charge on any atom is -0.352 e. The molecule has 1 heterocycles. The lowest BCUT2D eigenvalue weighted by Gasteiger charge is -2.25. The van der Waals surface area contributed by atoms with Crippen LogP contribution in [0.3, 0.4) is 0 Å². The fraction of sp³-hybridized carbons (Fsp3) is 0.500. The average molecular weight is 353 g/mol. The Kier molecular flexibility index (Phi) is 5.48. The third-order valence-electron chi connectivity index (χ3n) is 3.66. The summed E-state index contributed by atoms with van der Waals surface area (Å²) < 4.78 is 25.0. The number of amides is 2. The normalized spacial score (nSPS) is 17.8. The second-order valence-electron chi connectivity index (χ2n) is 6.27. The molecule has 0 radical (unpaired) electrons. The molecule has 2 N–H and O–H groups in total. The zero-order chi connectivity index (χ0) is 17.9. The molecule has 0 spiro atoms. The molecule has 1 unspecified atom stereocenters. The third kappa shape index (κ3) is 4.70. The number of anilines is 1. The number of benzene rings is 1. The van der Waals surface area contributed by atoms with Crippen LogP contribution in [-0.2, 0) is 14.8 Å². The van der Waals surface area contributed by atoms with Gasteiger partial charge in [0.2, 0.25) is 15.9 Å². The molecule has 7 nitrogen and oxygen atoms in total. The van der Waals surface area contributed by atoms with Crippen molar-refractivity contribution in [2.75, 3.05) is 17.5 Å². The van der Waals surface area contributed by atoms with E-state index in [0.29, 0.717) is 24.2 Å². The smallest absolute Gasteiger partial charge is 0.254 e. The maximum absolute atomic E-state index is 12.7. The van der Waals surface area contributed by atoms with Crippen molar-refractivity contribution in [1.82, 2.24) is 10.2 Å². The Balaban J connectivity index is 2.18. The van der Waals surface area contributed by atoms with Crippen molar-refractivity contribution in [3.8, 4) is 0 Å². The molecule has 1 aromatic rings. The van der Waals surface area contributed by atoms with Crippen molar-refractivity contribution in [3.63, 3.8) is 0 Å². The van der Waals surface area contributed by atoms with Gasteiger partial charge >= 0.3 is 0 Å². The number of carbonyl (C=O) groups excluding carboxylic acids is 2. The van der Waals surface area contributed by atoms with E-state index in [1.54, 1.807) is 23.1 Å². The van der Waals surface area contributed by atoms with E-state index in [-0.39, 0.29) is 17.9 Å². The van der Waals surface area contributed by atoms with Gasteiger partial charge in [-0.25, -0.2) is 8.42 Å². The molecule has 0 aliphatic carbocycles. The summed E-state index contributed by atoms with van der Waals surface area (Å²) in [6.45, 7) is 4.26. The van der Waals surface area contributed by atoms with Crippen molar-refractivity contribution in [3.05, 3.63) is 29.8 Å². The number of nitrogens with zero attached hydrogens (tertiary/aromatic N) is 1. The molecule has 1 aromatic carbocycles. The number of sulfonamides is 1. The van der Waals surface area contributed by atoms with Gasteiger partial charge in [0.05, 0.1) is 6.26 Å². The van der Waals surface area contributed by atoms with E-state index in [2.05, 4.69) is 10.0 Å². The number of hydrogen-bond donors (Lipinski definition) is 2. The first-order chi connectivity index (χ1) is 11.2. The van der Waals surface area contributed by atoms with E-state index in [9.17, 15) is 18.0 Å². The number of carbonyl (C=O) groups is 2. The molecular weight excluding hydrogens is 330 g/mol. The van der Waals surface area contributed by atoms with E-state index in [1.807, 2.05) is 13.8 Å². The molecule has 1 aliphatic heterocycles. The summed E-state index contributed by atoms with van der Waals surface area (Å²) in [6.07, 6.45) is 2.45. The van der Waals surface area contributed by atoms with Gasteiger partial charge in [0.15, 0.2) is 0 Å². The first-order valence-electron chi connectivity index (χ1n) is 7.86. The Bertz CT molecular complexity index is 731. The summed E-state index contributed by atoms with van der Waals surface area (Å²) in [5, 5.41) is 2.84. The topological polar surface area (TPSA) is 95.6 Å². The maximum atomic E-state index is 12.7.